The van der Waals surface area contributed by atoms with Crippen molar-refractivity contribution >= 4 is 27.3 Å². The molecule has 0 saturated carbocycles. The number of thiophene rings is 1. The van der Waals surface area contributed by atoms with E-state index in [-0.39, 0.29) is 0 Å². The van der Waals surface area contributed by atoms with Crippen molar-refractivity contribution in [3.63, 3.8) is 0 Å². The summed E-state index contributed by atoms with van der Waals surface area (Å²) in [4.78, 5) is 0. The first-order valence-corrected chi connectivity index (χ1v) is 6.38. The molecule has 0 aliphatic rings. The van der Waals surface area contributed by atoms with Gasteiger partial charge in [0.05, 0.1) is 0 Å². The lowest BCUT2D eigenvalue weighted by Crippen LogP contribution is -1.99. The number of benzene rings is 1. The van der Waals surface area contributed by atoms with Crippen LogP contribution in [0.25, 0.3) is 0 Å². The maximum absolute atomic E-state index is 10.1. The van der Waals surface area contributed by atoms with E-state index in [0.717, 1.165) is 21.2 Å². The third-order valence-electron chi connectivity index (χ3n) is 2.38. The van der Waals surface area contributed by atoms with E-state index in [2.05, 4.69) is 21.3 Å². The van der Waals surface area contributed by atoms with Gasteiger partial charge in [-0.1, -0.05) is 28.1 Å². The number of hydrogen-bond donors (Lipinski definition) is 1. The molecule has 0 spiro atoms. The molecule has 0 aliphatic carbocycles. The molecule has 1 heterocycles. The summed E-state index contributed by atoms with van der Waals surface area (Å²) in [5.41, 5.74) is 3.08. The third kappa shape index (κ3) is 2.30. The van der Waals surface area contributed by atoms with Crippen molar-refractivity contribution in [2.75, 3.05) is 0 Å². The highest BCUT2D eigenvalue weighted by atomic mass is 79.9. The van der Waals surface area contributed by atoms with Crippen LogP contribution in [-0.2, 0) is 0 Å². The van der Waals surface area contributed by atoms with Crippen LogP contribution in [0.5, 0.6) is 0 Å². The number of aliphatic hydroxyl groups excluding tert-OH is 1. The zero-order valence-corrected chi connectivity index (χ0v) is 10.7. The lowest BCUT2D eigenvalue weighted by Gasteiger charge is -2.10. The van der Waals surface area contributed by atoms with E-state index < -0.39 is 6.10 Å². The first-order valence-electron chi connectivity index (χ1n) is 4.64. The molecule has 1 atom stereocenters. The van der Waals surface area contributed by atoms with Crippen LogP contribution in [0.15, 0.2) is 39.5 Å². The molecule has 0 bridgehead atoms. The molecule has 0 saturated heterocycles. The molecule has 1 aromatic heterocycles. The highest BCUT2D eigenvalue weighted by molar-refractivity contribution is 9.10. The van der Waals surface area contributed by atoms with Crippen LogP contribution in [0.1, 0.15) is 22.8 Å². The van der Waals surface area contributed by atoms with E-state index in [1.165, 1.54) is 0 Å². The highest BCUT2D eigenvalue weighted by Gasteiger charge is 2.12. The molecule has 1 unspecified atom stereocenters. The minimum absolute atomic E-state index is 0.510. The monoisotopic (exact) mass is 282 g/mol. The number of aliphatic hydroxyl groups is 1. The average Bonchev–Trinajstić information content (AvgIpc) is 2.65. The first kappa shape index (κ1) is 10.9. The van der Waals surface area contributed by atoms with Crippen molar-refractivity contribution in [1.29, 1.82) is 0 Å². The van der Waals surface area contributed by atoms with E-state index in [1.54, 1.807) is 11.3 Å². The van der Waals surface area contributed by atoms with Gasteiger partial charge in [0.1, 0.15) is 6.10 Å². The fraction of sp³-hybridized carbons (Fsp3) is 0.167. The van der Waals surface area contributed by atoms with E-state index in [0.29, 0.717) is 0 Å². The number of rotatable bonds is 2. The Bertz CT molecular complexity index is 447. The van der Waals surface area contributed by atoms with Crippen LogP contribution < -0.4 is 0 Å². The van der Waals surface area contributed by atoms with Crippen molar-refractivity contribution in [2.45, 2.75) is 13.0 Å². The van der Waals surface area contributed by atoms with Gasteiger partial charge in [0.2, 0.25) is 0 Å². The molecule has 0 radical (unpaired) electrons. The second-order valence-corrected chi connectivity index (χ2v) is 5.12. The summed E-state index contributed by atoms with van der Waals surface area (Å²) >= 11 is 5.00. The summed E-state index contributed by atoms with van der Waals surface area (Å²) in [5, 5.41) is 14.2. The van der Waals surface area contributed by atoms with Gasteiger partial charge < -0.3 is 5.11 Å². The van der Waals surface area contributed by atoms with E-state index in [4.69, 9.17) is 0 Å². The maximum Gasteiger partial charge on any atom is 0.105 e. The fourth-order valence-corrected chi connectivity index (χ4v) is 2.61. The summed E-state index contributed by atoms with van der Waals surface area (Å²) < 4.78 is 1.03. The summed E-state index contributed by atoms with van der Waals surface area (Å²) in [7, 11) is 0. The Labute approximate surface area is 102 Å². The summed E-state index contributed by atoms with van der Waals surface area (Å²) in [5.74, 6) is 0. The van der Waals surface area contributed by atoms with Crippen molar-refractivity contribution in [3.8, 4) is 0 Å². The Morgan fingerprint density at radius 2 is 1.87 bits per heavy atom. The lowest BCUT2D eigenvalue weighted by molar-refractivity contribution is 0.220. The zero-order chi connectivity index (χ0) is 10.8. The molecule has 0 fully saturated rings. The second kappa shape index (κ2) is 4.47. The van der Waals surface area contributed by atoms with E-state index >= 15 is 0 Å². The van der Waals surface area contributed by atoms with Crippen LogP contribution in [0.4, 0.5) is 0 Å². The van der Waals surface area contributed by atoms with Gasteiger partial charge in [0.25, 0.3) is 0 Å². The number of hydrogen-bond acceptors (Lipinski definition) is 2. The molecule has 0 amide bonds. The predicted octanol–water partition coefficient (Wildman–Crippen LogP) is 3.90. The van der Waals surface area contributed by atoms with Crippen LogP contribution in [0.2, 0.25) is 0 Å². The Kier molecular flexibility index (Phi) is 3.24. The van der Waals surface area contributed by atoms with Gasteiger partial charge in [0, 0.05) is 4.47 Å². The molecule has 3 heteroatoms. The molecule has 78 valence electrons. The molecule has 2 rings (SSSR count). The summed E-state index contributed by atoms with van der Waals surface area (Å²) in [6, 6.07) is 7.76. The van der Waals surface area contributed by atoms with Crippen LogP contribution in [0.3, 0.4) is 0 Å². The molecule has 1 nitrogen and oxygen atoms in total. The van der Waals surface area contributed by atoms with Crippen molar-refractivity contribution in [1.82, 2.24) is 0 Å². The van der Waals surface area contributed by atoms with Gasteiger partial charge in [-0.15, -0.1) is 0 Å². The highest BCUT2D eigenvalue weighted by Crippen LogP contribution is 2.27. The van der Waals surface area contributed by atoms with Crippen LogP contribution in [-0.4, -0.2) is 5.11 Å². The van der Waals surface area contributed by atoms with Crippen molar-refractivity contribution < 1.29 is 5.11 Å². The predicted molar refractivity (Wildman–Crippen MR) is 67.3 cm³/mol. The lowest BCUT2D eigenvalue weighted by atomic mass is 10.0. The minimum Gasteiger partial charge on any atom is -0.384 e. The van der Waals surface area contributed by atoms with Gasteiger partial charge in [-0.25, -0.2) is 0 Å². The number of aryl methyl sites for hydroxylation is 1. The second-order valence-electron chi connectivity index (χ2n) is 3.46. The van der Waals surface area contributed by atoms with Gasteiger partial charge in [0.15, 0.2) is 0 Å². The molecular weight excluding hydrogens is 272 g/mol. The molecular formula is C12H11BrOS. The first-order chi connectivity index (χ1) is 7.18. The largest absolute Gasteiger partial charge is 0.384 e. The smallest absolute Gasteiger partial charge is 0.105 e. The standard InChI is InChI=1S/C12H11BrOS/c1-8-6-15-7-11(8)12(14)9-2-4-10(13)5-3-9/h2-7,12,14H,1H3. The van der Waals surface area contributed by atoms with Gasteiger partial charge in [-0.2, -0.15) is 11.3 Å². The normalized spacial score (nSPS) is 12.7. The molecule has 2 aromatic rings. The third-order valence-corrected chi connectivity index (χ3v) is 3.78. The van der Waals surface area contributed by atoms with Gasteiger partial charge in [-0.3, -0.25) is 0 Å². The topological polar surface area (TPSA) is 20.2 Å². The van der Waals surface area contributed by atoms with E-state index in [9.17, 15) is 5.11 Å². The summed E-state index contributed by atoms with van der Waals surface area (Å²) in [6.07, 6.45) is -0.510. The minimum atomic E-state index is -0.510. The zero-order valence-electron chi connectivity index (χ0n) is 8.27. The summed E-state index contributed by atoms with van der Waals surface area (Å²) in [6.45, 7) is 2.02. The molecule has 1 aromatic carbocycles. The fourth-order valence-electron chi connectivity index (χ4n) is 1.48. The molecule has 0 aliphatic heterocycles. The SMILES string of the molecule is Cc1cscc1C(O)c1ccc(Br)cc1. The Morgan fingerprint density at radius 3 is 2.40 bits per heavy atom. The van der Waals surface area contributed by atoms with Crippen molar-refractivity contribution in [3.05, 3.63) is 56.2 Å². The average molecular weight is 283 g/mol. The maximum atomic E-state index is 10.1. The number of halogens is 1. The molecule has 15 heavy (non-hydrogen) atoms. The van der Waals surface area contributed by atoms with Crippen LogP contribution in [0, 0.1) is 6.92 Å². The van der Waals surface area contributed by atoms with Crippen LogP contribution >= 0.6 is 27.3 Å². The quantitative estimate of drug-likeness (QED) is 0.886. The molecule has 1 N–H and O–H groups in total. The van der Waals surface area contributed by atoms with Crippen molar-refractivity contribution in [2.24, 2.45) is 0 Å². The van der Waals surface area contributed by atoms with E-state index in [1.807, 2.05) is 36.6 Å². The Hall–Kier alpha value is -0.640. The van der Waals surface area contributed by atoms with Gasteiger partial charge in [-0.05, 0) is 46.5 Å². The Balaban J connectivity index is 2.32. The Morgan fingerprint density at radius 1 is 1.20 bits per heavy atom. The van der Waals surface area contributed by atoms with Gasteiger partial charge >= 0.3 is 0 Å².